The molecular weight excluding hydrogens is 347 g/mol. The molecule has 2 radical (unpaired) electrons. The van der Waals surface area contributed by atoms with Crippen molar-refractivity contribution in [2.45, 2.75) is 32.0 Å². The summed E-state index contributed by atoms with van der Waals surface area (Å²) in [6.07, 6.45) is 1.36. The molecule has 0 spiro atoms. The number of rotatable bonds is 11. The maximum absolute atomic E-state index is 11.6. The van der Waals surface area contributed by atoms with Gasteiger partial charge in [0.1, 0.15) is 12.4 Å². The molecule has 0 aliphatic rings. The van der Waals surface area contributed by atoms with Crippen LogP contribution in [0, 0.1) is 0 Å². The lowest BCUT2D eigenvalue weighted by molar-refractivity contribution is -0.145. The van der Waals surface area contributed by atoms with Gasteiger partial charge in [-0.05, 0) is 12.0 Å². The van der Waals surface area contributed by atoms with Gasteiger partial charge in [-0.3, -0.25) is 14.1 Å². The van der Waals surface area contributed by atoms with Crippen LogP contribution in [-0.4, -0.2) is 51.7 Å². The van der Waals surface area contributed by atoms with Crippen molar-refractivity contribution in [3.63, 3.8) is 0 Å². The zero-order valence-corrected chi connectivity index (χ0v) is 14.7. The van der Waals surface area contributed by atoms with Crippen molar-refractivity contribution in [1.29, 1.82) is 0 Å². The van der Waals surface area contributed by atoms with E-state index in [-0.39, 0.29) is 25.9 Å². The van der Waals surface area contributed by atoms with Crippen molar-refractivity contribution in [2.75, 3.05) is 19.0 Å². The molecule has 0 atom stereocenters. The molecule has 1 rings (SSSR count). The van der Waals surface area contributed by atoms with Gasteiger partial charge in [-0.2, -0.15) is 8.42 Å². The fraction of sp³-hybridized carbons (Fsp3) is 0.500. The molecule has 0 amide bonds. The summed E-state index contributed by atoms with van der Waals surface area (Å²) < 4.78 is 39.1. The van der Waals surface area contributed by atoms with Gasteiger partial charge in [0.15, 0.2) is 0 Å². The first-order chi connectivity index (χ1) is 11.8. The van der Waals surface area contributed by atoms with Gasteiger partial charge in [-0.15, -0.1) is 0 Å². The molecular formula is C16H21BO7S. The molecule has 7 nitrogen and oxygen atoms in total. The van der Waals surface area contributed by atoms with E-state index in [0.29, 0.717) is 12.7 Å². The maximum atomic E-state index is 11.6. The van der Waals surface area contributed by atoms with Crippen LogP contribution in [0.3, 0.4) is 0 Å². The first-order valence-electron chi connectivity index (χ1n) is 7.84. The van der Waals surface area contributed by atoms with E-state index in [1.807, 2.05) is 24.3 Å². The van der Waals surface area contributed by atoms with Crippen LogP contribution in [0.1, 0.15) is 30.4 Å². The first kappa shape index (κ1) is 21.2. The normalized spacial score (nSPS) is 11.1. The zero-order chi connectivity index (χ0) is 18.7. The second-order valence-corrected chi connectivity index (χ2v) is 6.92. The van der Waals surface area contributed by atoms with Gasteiger partial charge in [0.2, 0.25) is 0 Å². The van der Waals surface area contributed by atoms with Gasteiger partial charge in [-0.25, -0.2) is 0 Å². The number of benzene rings is 1. The summed E-state index contributed by atoms with van der Waals surface area (Å²) in [4.78, 5) is 22.9. The van der Waals surface area contributed by atoms with Crippen LogP contribution in [0.15, 0.2) is 24.3 Å². The van der Waals surface area contributed by atoms with Crippen molar-refractivity contribution >= 4 is 29.9 Å². The largest absolute Gasteiger partial charge is 0.465 e. The third kappa shape index (κ3) is 10.6. The van der Waals surface area contributed by atoms with Gasteiger partial charge >= 0.3 is 11.9 Å². The van der Waals surface area contributed by atoms with E-state index in [0.717, 1.165) is 11.1 Å². The molecule has 0 aliphatic carbocycles. The molecule has 0 bridgehead atoms. The molecule has 0 fully saturated rings. The van der Waals surface area contributed by atoms with E-state index in [1.54, 1.807) is 0 Å². The monoisotopic (exact) mass is 368 g/mol. The van der Waals surface area contributed by atoms with Crippen LogP contribution in [-0.2, 0) is 41.9 Å². The first-order valence-corrected chi connectivity index (χ1v) is 9.45. The molecule has 1 aromatic carbocycles. The van der Waals surface area contributed by atoms with E-state index in [9.17, 15) is 18.0 Å². The number of hydrogen-bond donors (Lipinski definition) is 1. The number of ether oxygens (including phenoxy) is 2. The van der Waals surface area contributed by atoms with Crippen molar-refractivity contribution in [2.24, 2.45) is 0 Å². The Kier molecular flexibility index (Phi) is 9.22. The minimum absolute atomic E-state index is 0.0267. The van der Waals surface area contributed by atoms with Crippen LogP contribution in [0.25, 0.3) is 0 Å². The number of esters is 2. The molecule has 136 valence electrons. The Hall–Kier alpha value is -1.87. The lowest BCUT2D eigenvalue weighted by atomic mass is 9.96. The maximum Gasteiger partial charge on any atom is 0.305 e. The summed E-state index contributed by atoms with van der Waals surface area (Å²) in [7, 11) is 1.36. The van der Waals surface area contributed by atoms with Crippen LogP contribution >= 0.6 is 0 Å². The fourth-order valence-electron chi connectivity index (χ4n) is 1.91. The predicted molar refractivity (Wildman–Crippen MR) is 91.8 cm³/mol. The second-order valence-electron chi connectivity index (χ2n) is 5.35. The summed E-state index contributed by atoms with van der Waals surface area (Å²) in [6.45, 7) is -0.162. The van der Waals surface area contributed by atoms with E-state index >= 15 is 0 Å². The zero-order valence-electron chi connectivity index (χ0n) is 13.8. The van der Waals surface area contributed by atoms with Crippen molar-refractivity contribution in [3.8, 4) is 0 Å². The van der Waals surface area contributed by atoms with Gasteiger partial charge in [0, 0.05) is 19.3 Å². The standard InChI is InChI=1S/C16H21BO7S/c17-12-14-6-4-13(5-7-14)8-9-23-15(18)2-1-3-16(19)24-10-11-25(20,21)22/h4-7H,1-3,8-12H2,(H,20,21,22). The summed E-state index contributed by atoms with van der Waals surface area (Å²) >= 11 is 0. The van der Waals surface area contributed by atoms with Crippen LogP contribution in [0.4, 0.5) is 0 Å². The molecule has 9 heteroatoms. The second kappa shape index (κ2) is 10.9. The Labute approximate surface area is 148 Å². The van der Waals surface area contributed by atoms with Crippen molar-refractivity contribution in [1.82, 2.24) is 0 Å². The lowest BCUT2D eigenvalue weighted by Gasteiger charge is -2.06. The predicted octanol–water partition coefficient (Wildman–Crippen LogP) is 1.04. The van der Waals surface area contributed by atoms with Gasteiger partial charge < -0.3 is 9.47 Å². The van der Waals surface area contributed by atoms with Crippen molar-refractivity contribution < 1.29 is 32.0 Å². The highest BCUT2D eigenvalue weighted by atomic mass is 32.2. The Balaban J connectivity index is 2.11. The minimum atomic E-state index is -4.15. The Morgan fingerprint density at radius 2 is 1.48 bits per heavy atom. The van der Waals surface area contributed by atoms with Gasteiger partial charge in [0.25, 0.3) is 10.1 Å². The van der Waals surface area contributed by atoms with E-state index in [4.69, 9.17) is 17.1 Å². The molecule has 0 aliphatic heterocycles. The third-order valence-electron chi connectivity index (χ3n) is 3.28. The minimum Gasteiger partial charge on any atom is -0.465 e. The molecule has 25 heavy (non-hydrogen) atoms. The van der Waals surface area contributed by atoms with Crippen LogP contribution < -0.4 is 0 Å². The number of carbonyl (C=O) groups excluding carboxylic acids is 2. The Bertz CT molecular complexity index is 656. The number of hydrogen-bond acceptors (Lipinski definition) is 6. The van der Waals surface area contributed by atoms with Gasteiger partial charge in [0.05, 0.1) is 14.5 Å². The fourth-order valence-corrected chi connectivity index (χ4v) is 2.20. The van der Waals surface area contributed by atoms with E-state index in [1.165, 1.54) is 0 Å². The van der Waals surface area contributed by atoms with Gasteiger partial charge in [-0.1, -0.05) is 36.1 Å². The average molecular weight is 368 g/mol. The highest BCUT2D eigenvalue weighted by Gasteiger charge is 2.10. The smallest absolute Gasteiger partial charge is 0.305 e. The molecule has 0 aromatic heterocycles. The van der Waals surface area contributed by atoms with Crippen LogP contribution in [0.2, 0.25) is 0 Å². The quantitative estimate of drug-likeness (QED) is 0.353. The summed E-state index contributed by atoms with van der Waals surface area (Å²) in [5, 5.41) is 0. The Morgan fingerprint density at radius 3 is 2.00 bits per heavy atom. The topological polar surface area (TPSA) is 107 Å². The van der Waals surface area contributed by atoms with Crippen LogP contribution in [0.5, 0.6) is 0 Å². The molecule has 1 N–H and O–H groups in total. The summed E-state index contributed by atoms with van der Waals surface area (Å²) in [5.41, 5.74) is 2.07. The molecule has 0 heterocycles. The third-order valence-corrected chi connectivity index (χ3v) is 3.96. The lowest BCUT2D eigenvalue weighted by Crippen LogP contribution is -2.15. The van der Waals surface area contributed by atoms with Crippen molar-refractivity contribution in [3.05, 3.63) is 35.4 Å². The molecule has 0 unspecified atom stereocenters. The average Bonchev–Trinajstić information content (AvgIpc) is 2.54. The number of carbonyl (C=O) groups is 2. The van der Waals surface area contributed by atoms with E-state index < -0.39 is 34.4 Å². The summed E-state index contributed by atoms with van der Waals surface area (Å²) in [5.74, 6) is -1.69. The highest BCUT2D eigenvalue weighted by Crippen LogP contribution is 2.06. The van der Waals surface area contributed by atoms with E-state index in [2.05, 4.69) is 4.74 Å². The summed E-state index contributed by atoms with van der Waals surface area (Å²) in [6, 6.07) is 7.70. The molecule has 0 saturated carbocycles. The SMILES string of the molecule is [B]Cc1ccc(CCOC(=O)CCCC(=O)OCCS(=O)(=O)O)cc1. The molecule has 0 saturated heterocycles. The Morgan fingerprint density at radius 1 is 0.960 bits per heavy atom. The molecule has 1 aromatic rings. The highest BCUT2D eigenvalue weighted by molar-refractivity contribution is 7.85.